The lowest BCUT2D eigenvalue weighted by molar-refractivity contribution is 0.0594. The highest BCUT2D eigenvalue weighted by molar-refractivity contribution is 5.94. The Labute approximate surface area is 189 Å². The zero-order chi connectivity index (χ0) is 22.1. The van der Waals surface area contributed by atoms with Crippen molar-refractivity contribution >= 4 is 11.6 Å². The van der Waals surface area contributed by atoms with Gasteiger partial charge >= 0.3 is 0 Å². The van der Waals surface area contributed by atoms with E-state index in [0.717, 1.165) is 30.1 Å². The topological polar surface area (TPSA) is 63.6 Å². The lowest BCUT2D eigenvalue weighted by Gasteiger charge is -2.43. The third-order valence-corrected chi connectivity index (χ3v) is 7.53. The number of hydrogen-bond donors (Lipinski definition) is 1. The molecule has 2 bridgehead atoms. The van der Waals surface area contributed by atoms with Crippen LogP contribution in [0.3, 0.4) is 0 Å². The summed E-state index contributed by atoms with van der Waals surface area (Å²) >= 11 is 0. The van der Waals surface area contributed by atoms with Gasteiger partial charge in [-0.3, -0.25) is 9.59 Å². The van der Waals surface area contributed by atoms with E-state index in [-0.39, 0.29) is 17.4 Å². The smallest absolute Gasteiger partial charge is 0.274 e. The van der Waals surface area contributed by atoms with Crippen molar-refractivity contribution in [2.45, 2.75) is 51.0 Å². The van der Waals surface area contributed by atoms with E-state index >= 15 is 0 Å². The van der Waals surface area contributed by atoms with Gasteiger partial charge in [0, 0.05) is 43.4 Å². The maximum atomic E-state index is 13.2. The van der Waals surface area contributed by atoms with Gasteiger partial charge in [0.05, 0.1) is 7.11 Å². The molecule has 3 heterocycles. The summed E-state index contributed by atoms with van der Waals surface area (Å²) in [5.74, 6) is 2.02. The van der Waals surface area contributed by atoms with Crippen LogP contribution in [0.1, 0.15) is 60.5 Å². The number of anilines is 1. The van der Waals surface area contributed by atoms with Crippen molar-refractivity contribution in [3.8, 4) is 5.75 Å². The second kappa shape index (κ2) is 9.00. The summed E-state index contributed by atoms with van der Waals surface area (Å²) in [4.78, 5) is 28.3. The molecule has 1 aliphatic carbocycles. The number of benzene rings is 1. The summed E-state index contributed by atoms with van der Waals surface area (Å²) in [5.41, 5.74) is 2.58. The van der Waals surface area contributed by atoms with Crippen LogP contribution in [0, 0.1) is 11.8 Å². The van der Waals surface area contributed by atoms with E-state index in [9.17, 15) is 9.59 Å². The monoisotopic (exact) mass is 435 g/mol. The van der Waals surface area contributed by atoms with E-state index in [4.69, 9.17) is 4.74 Å². The number of hydrogen-bond acceptors (Lipinski definition) is 4. The molecule has 0 radical (unpaired) electrons. The van der Waals surface area contributed by atoms with Crippen LogP contribution >= 0.6 is 0 Å². The predicted molar refractivity (Wildman–Crippen MR) is 126 cm³/mol. The number of methoxy groups -OCH3 is 1. The van der Waals surface area contributed by atoms with E-state index in [1.165, 1.54) is 32.1 Å². The SMILES string of the molecule is COc1ccc(C(=O)N2C[C@@H]3C[C@H](C2)c2ccc(NCC4CCCCC4)c(=O)n2C3)cc1. The first-order chi connectivity index (χ1) is 15.6. The molecule has 6 heteroatoms. The highest BCUT2D eigenvalue weighted by atomic mass is 16.5. The van der Waals surface area contributed by atoms with Gasteiger partial charge in [0.1, 0.15) is 11.4 Å². The Kier molecular flexibility index (Phi) is 5.94. The number of carbonyl (C=O) groups is 1. The molecule has 1 amide bonds. The fourth-order valence-corrected chi connectivity index (χ4v) is 5.81. The Balaban J connectivity index is 1.30. The molecule has 1 N–H and O–H groups in total. The Morgan fingerprint density at radius 2 is 1.81 bits per heavy atom. The Hall–Kier alpha value is -2.76. The van der Waals surface area contributed by atoms with Gasteiger partial charge in [0.15, 0.2) is 0 Å². The van der Waals surface area contributed by atoms with Crippen molar-refractivity contribution in [3.05, 3.63) is 58.0 Å². The van der Waals surface area contributed by atoms with Crippen molar-refractivity contribution < 1.29 is 9.53 Å². The van der Waals surface area contributed by atoms with E-state index in [0.29, 0.717) is 37.0 Å². The zero-order valence-electron chi connectivity index (χ0n) is 18.9. The molecule has 1 saturated carbocycles. The quantitative estimate of drug-likeness (QED) is 0.768. The van der Waals surface area contributed by atoms with Crippen LogP contribution in [0.5, 0.6) is 5.75 Å². The number of piperidine rings is 1. The highest BCUT2D eigenvalue weighted by Gasteiger charge is 2.37. The number of ether oxygens (including phenoxy) is 1. The minimum atomic E-state index is 0.0592. The largest absolute Gasteiger partial charge is 0.497 e. The van der Waals surface area contributed by atoms with Gasteiger partial charge in [-0.25, -0.2) is 0 Å². The van der Waals surface area contributed by atoms with Crippen LogP contribution in [-0.2, 0) is 6.54 Å². The number of aromatic nitrogens is 1. The zero-order valence-corrected chi connectivity index (χ0v) is 18.9. The van der Waals surface area contributed by atoms with E-state index in [2.05, 4.69) is 11.4 Å². The number of likely N-dealkylation sites (tertiary alicyclic amines) is 1. The Morgan fingerprint density at radius 3 is 2.56 bits per heavy atom. The van der Waals surface area contributed by atoms with Crippen LogP contribution < -0.4 is 15.6 Å². The number of fused-ring (bicyclic) bond motifs is 4. The van der Waals surface area contributed by atoms with Gasteiger partial charge < -0.3 is 19.5 Å². The average molecular weight is 436 g/mol. The first-order valence-electron chi connectivity index (χ1n) is 12.0. The molecule has 32 heavy (non-hydrogen) atoms. The molecular weight excluding hydrogens is 402 g/mol. The number of carbonyl (C=O) groups excluding carboxylic acids is 1. The van der Waals surface area contributed by atoms with Crippen molar-refractivity contribution in [2.24, 2.45) is 11.8 Å². The summed E-state index contributed by atoms with van der Waals surface area (Å²) in [6.07, 6.45) is 7.54. The van der Waals surface area contributed by atoms with Gasteiger partial charge in [0.2, 0.25) is 0 Å². The van der Waals surface area contributed by atoms with E-state index < -0.39 is 0 Å². The number of nitrogens with one attached hydrogen (secondary N) is 1. The van der Waals surface area contributed by atoms with Crippen LogP contribution in [0.25, 0.3) is 0 Å². The minimum absolute atomic E-state index is 0.0592. The maximum absolute atomic E-state index is 13.2. The third-order valence-electron chi connectivity index (χ3n) is 7.53. The van der Waals surface area contributed by atoms with Gasteiger partial charge in [-0.15, -0.1) is 0 Å². The van der Waals surface area contributed by atoms with Gasteiger partial charge in [0.25, 0.3) is 11.5 Å². The van der Waals surface area contributed by atoms with Gasteiger partial charge in [-0.05, 0) is 67.5 Å². The molecule has 2 atom stereocenters. The maximum Gasteiger partial charge on any atom is 0.274 e. The van der Waals surface area contributed by atoms with Crippen molar-refractivity contribution in [1.82, 2.24) is 9.47 Å². The number of rotatable bonds is 5. The predicted octanol–water partition coefficient (Wildman–Crippen LogP) is 4.11. The van der Waals surface area contributed by atoms with Crippen LogP contribution in [0.4, 0.5) is 5.69 Å². The Bertz CT molecular complexity index is 1020. The first kappa shape index (κ1) is 21.1. The average Bonchev–Trinajstić information content (AvgIpc) is 2.84. The van der Waals surface area contributed by atoms with Crippen LogP contribution in [0.15, 0.2) is 41.2 Å². The summed E-state index contributed by atoms with van der Waals surface area (Å²) in [6, 6.07) is 11.4. The second-order valence-electron chi connectivity index (χ2n) is 9.71. The normalized spacial score (nSPS) is 22.8. The van der Waals surface area contributed by atoms with Gasteiger partial charge in [-0.1, -0.05) is 19.3 Å². The fraction of sp³-hybridized carbons (Fsp3) is 0.538. The molecule has 6 nitrogen and oxygen atoms in total. The fourth-order valence-electron chi connectivity index (χ4n) is 5.81. The molecule has 3 aliphatic rings. The molecule has 5 rings (SSSR count). The number of amides is 1. The highest BCUT2D eigenvalue weighted by Crippen LogP contribution is 2.36. The summed E-state index contributed by atoms with van der Waals surface area (Å²) in [5, 5.41) is 3.45. The summed E-state index contributed by atoms with van der Waals surface area (Å²) in [6.45, 7) is 2.95. The molecule has 1 saturated heterocycles. The first-order valence-corrected chi connectivity index (χ1v) is 12.0. The lowest BCUT2D eigenvalue weighted by atomic mass is 9.83. The molecule has 1 aromatic heterocycles. The second-order valence-corrected chi connectivity index (χ2v) is 9.71. The molecule has 2 aromatic rings. The van der Waals surface area contributed by atoms with E-state index in [1.807, 2.05) is 39.8 Å². The van der Waals surface area contributed by atoms with Crippen molar-refractivity contribution in [2.75, 3.05) is 32.1 Å². The molecule has 2 aliphatic heterocycles. The Morgan fingerprint density at radius 1 is 1.03 bits per heavy atom. The molecule has 170 valence electrons. The van der Waals surface area contributed by atoms with Crippen LogP contribution in [-0.4, -0.2) is 42.1 Å². The third kappa shape index (κ3) is 4.15. The molecule has 0 unspecified atom stereocenters. The number of pyridine rings is 1. The summed E-state index contributed by atoms with van der Waals surface area (Å²) < 4.78 is 7.17. The van der Waals surface area contributed by atoms with Crippen molar-refractivity contribution in [3.63, 3.8) is 0 Å². The minimum Gasteiger partial charge on any atom is -0.497 e. The summed E-state index contributed by atoms with van der Waals surface area (Å²) in [7, 11) is 1.62. The molecule has 1 aromatic carbocycles. The molecule has 0 spiro atoms. The standard InChI is InChI=1S/C26H33N3O3/c1-32-22-9-7-20(8-10-22)25(30)28-15-19-13-21(17-28)24-12-11-23(26(31)29(24)16-19)27-14-18-5-3-2-4-6-18/h7-12,18-19,21,27H,2-6,13-17H2,1H3/t19-,21+/m0/s1. The lowest BCUT2D eigenvalue weighted by Crippen LogP contribution is -2.49. The van der Waals surface area contributed by atoms with Crippen LogP contribution in [0.2, 0.25) is 0 Å². The van der Waals surface area contributed by atoms with E-state index in [1.54, 1.807) is 7.11 Å². The molecular formula is C26H33N3O3. The molecule has 2 fully saturated rings. The van der Waals surface area contributed by atoms with Crippen molar-refractivity contribution in [1.29, 1.82) is 0 Å². The number of nitrogens with zero attached hydrogens (tertiary/aromatic N) is 2. The van der Waals surface area contributed by atoms with Gasteiger partial charge in [-0.2, -0.15) is 0 Å².